The fourth-order valence-corrected chi connectivity index (χ4v) is 3.59. The van der Waals surface area contributed by atoms with Crippen molar-refractivity contribution in [3.63, 3.8) is 0 Å². The van der Waals surface area contributed by atoms with E-state index in [2.05, 4.69) is 15.2 Å². The smallest absolute Gasteiger partial charge is 0.274 e. The zero-order valence-corrected chi connectivity index (χ0v) is 15.5. The molecular formula is C20H19ClN4O2. The molecule has 0 N–H and O–H groups in total. The predicted molar refractivity (Wildman–Crippen MR) is 101 cm³/mol. The highest BCUT2D eigenvalue weighted by Crippen LogP contribution is 2.28. The summed E-state index contributed by atoms with van der Waals surface area (Å²) < 4.78 is 5.98. The van der Waals surface area contributed by atoms with E-state index in [1.807, 2.05) is 24.3 Å². The summed E-state index contributed by atoms with van der Waals surface area (Å²) in [6.45, 7) is 1.29. The third kappa shape index (κ3) is 4.17. The Labute approximate surface area is 162 Å². The van der Waals surface area contributed by atoms with Gasteiger partial charge < -0.3 is 9.32 Å². The van der Waals surface area contributed by atoms with Crippen LogP contribution in [0.4, 0.5) is 0 Å². The Hall–Kier alpha value is -2.73. The highest BCUT2D eigenvalue weighted by molar-refractivity contribution is 6.30. The quantitative estimate of drug-likeness (QED) is 0.687. The van der Waals surface area contributed by atoms with E-state index >= 15 is 0 Å². The minimum absolute atomic E-state index is 0.0903. The van der Waals surface area contributed by atoms with Crippen molar-refractivity contribution in [1.82, 2.24) is 20.1 Å². The third-order valence-corrected chi connectivity index (χ3v) is 4.92. The number of hydrogen-bond acceptors (Lipinski definition) is 5. The molecular weight excluding hydrogens is 364 g/mol. The van der Waals surface area contributed by atoms with Gasteiger partial charge in [-0.25, -0.2) is 4.98 Å². The molecule has 0 radical (unpaired) electrons. The van der Waals surface area contributed by atoms with Gasteiger partial charge in [0.25, 0.3) is 5.91 Å². The number of aromatic nitrogens is 3. The molecule has 3 heterocycles. The van der Waals surface area contributed by atoms with Gasteiger partial charge in [-0.3, -0.25) is 4.79 Å². The lowest BCUT2D eigenvalue weighted by molar-refractivity contribution is 0.0690. The van der Waals surface area contributed by atoms with E-state index in [1.54, 1.807) is 29.4 Å². The number of amides is 1. The van der Waals surface area contributed by atoms with Crippen LogP contribution in [0.1, 0.15) is 46.5 Å². The Bertz CT molecular complexity index is 928. The molecule has 1 unspecified atom stereocenters. The molecule has 1 atom stereocenters. The average molecular weight is 383 g/mol. The number of nitrogens with zero attached hydrogens (tertiary/aromatic N) is 4. The van der Waals surface area contributed by atoms with E-state index in [0.29, 0.717) is 36.1 Å². The summed E-state index contributed by atoms with van der Waals surface area (Å²) in [6, 6.07) is 11.1. The van der Waals surface area contributed by atoms with Gasteiger partial charge in [-0.2, -0.15) is 5.10 Å². The normalized spacial score (nSPS) is 17.1. The third-order valence-electron chi connectivity index (χ3n) is 4.69. The van der Waals surface area contributed by atoms with E-state index in [1.165, 1.54) is 0 Å². The average Bonchev–Trinajstić information content (AvgIpc) is 3.17. The zero-order valence-electron chi connectivity index (χ0n) is 14.7. The van der Waals surface area contributed by atoms with Gasteiger partial charge in [0.1, 0.15) is 5.76 Å². The van der Waals surface area contributed by atoms with Gasteiger partial charge in [-0.15, -0.1) is 5.10 Å². The molecule has 0 spiro atoms. The molecule has 27 heavy (non-hydrogen) atoms. The van der Waals surface area contributed by atoms with Gasteiger partial charge in [-0.1, -0.05) is 23.7 Å². The molecule has 1 fully saturated rings. The van der Waals surface area contributed by atoms with Gasteiger partial charge >= 0.3 is 0 Å². The Kier molecular flexibility index (Phi) is 5.16. The van der Waals surface area contributed by atoms with Crippen LogP contribution in [0, 0.1) is 0 Å². The second kappa shape index (κ2) is 7.88. The van der Waals surface area contributed by atoms with Gasteiger partial charge in [-0.05, 0) is 42.7 Å². The zero-order chi connectivity index (χ0) is 18.6. The van der Waals surface area contributed by atoms with Crippen molar-refractivity contribution in [2.24, 2.45) is 0 Å². The maximum atomic E-state index is 12.6. The second-order valence-electron chi connectivity index (χ2n) is 6.67. The minimum Gasteiger partial charge on any atom is -0.445 e. The fourth-order valence-electron chi connectivity index (χ4n) is 3.38. The lowest BCUT2D eigenvalue weighted by Crippen LogP contribution is -2.39. The molecule has 1 aliphatic rings. The molecule has 1 aliphatic heterocycles. The van der Waals surface area contributed by atoms with E-state index in [0.717, 1.165) is 24.2 Å². The van der Waals surface area contributed by atoms with Crippen molar-refractivity contribution in [2.45, 2.75) is 25.2 Å². The Morgan fingerprint density at radius 2 is 2.22 bits per heavy atom. The summed E-state index contributed by atoms with van der Waals surface area (Å²) in [5.74, 6) is 1.47. The van der Waals surface area contributed by atoms with Crippen LogP contribution in [-0.4, -0.2) is 39.1 Å². The first-order chi connectivity index (χ1) is 13.2. The number of oxazole rings is 1. The summed E-state index contributed by atoms with van der Waals surface area (Å²) in [7, 11) is 0. The largest absolute Gasteiger partial charge is 0.445 e. The highest BCUT2D eigenvalue weighted by atomic mass is 35.5. The summed E-state index contributed by atoms with van der Waals surface area (Å²) >= 11 is 6.04. The summed E-state index contributed by atoms with van der Waals surface area (Å²) in [6.07, 6.45) is 5.82. The van der Waals surface area contributed by atoms with Crippen LogP contribution in [0.2, 0.25) is 5.02 Å². The Morgan fingerprint density at radius 1 is 1.30 bits per heavy atom. The van der Waals surface area contributed by atoms with Crippen molar-refractivity contribution in [3.05, 3.63) is 76.7 Å². The van der Waals surface area contributed by atoms with Crippen molar-refractivity contribution in [1.29, 1.82) is 0 Å². The van der Waals surface area contributed by atoms with Crippen molar-refractivity contribution in [3.8, 4) is 0 Å². The molecule has 7 heteroatoms. The highest BCUT2D eigenvalue weighted by Gasteiger charge is 2.29. The van der Waals surface area contributed by atoms with Crippen LogP contribution in [0.5, 0.6) is 0 Å². The number of benzene rings is 1. The van der Waals surface area contributed by atoms with Crippen molar-refractivity contribution < 1.29 is 9.21 Å². The van der Waals surface area contributed by atoms with Gasteiger partial charge in [0.15, 0.2) is 11.6 Å². The molecule has 1 amide bonds. The number of carbonyl (C=O) groups excluding carboxylic acids is 1. The van der Waals surface area contributed by atoms with E-state index in [9.17, 15) is 4.79 Å². The van der Waals surface area contributed by atoms with E-state index < -0.39 is 0 Å². The van der Waals surface area contributed by atoms with Gasteiger partial charge in [0.05, 0.1) is 12.1 Å². The second-order valence-corrected chi connectivity index (χ2v) is 7.11. The lowest BCUT2D eigenvalue weighted by atomic mass is 9.97. The van der Waals surface area contributed by atoms with E-state index in [4.69, 9.17) is 16.0 Å². The maximum Gasteiger partial charge on any atom is 0.274 e. The molecule has 0 saturated carbocycles. The molecule has 4 rings (SSSR count). The Morgan fingerprint density at radius 3 is 3.04 bits per heavy atom. The molecule has 0 bridgehead atoms. The SMILES string of the molecule is O=C(c1cccnn1)N1CCCC(c2ncc(Cc3cccc(Cl)c3)o2)C1. The van der Waals surface area contributed by atoms with Crippen LogP contribution in [-0.2, 0) is 6.42 Å². The van der Waals surface area contributed by atoms with Crippen LogP contribution in [0.3, 0.4) is 0 Å². The molecule has 2 aromatic heterocycles. The molecule has 0 aliphatic carbocycles. The molecule has 1 aromatic carbocycles. The van der Waals surface area contributed by atoms with Crippen LogP contribution >= 0.6 is 11.6 Å². The first-order valence-corrected chi connectivity index (χ1v) is 9.33. The lowest BCUT2D eigenvalue weighted by Gasteiger charge is -2.30. The van der Waals surface area contributed by atoms with Crippen LogP contribution in [0.25, 0.3) is 0 Å². The Balaban J connectivity index is 1.44. The number of rotatable bonds is 4. The number of hydrogen-bond donors (Lipinski definition) is 0. The summed E-state index contributed by atoms with van der Waals surface area (Å²) in [5, 5.41) is 8.41. The van der Waals surface area contributed by atoms with Crippen LogP contribution in [0.15, 0.2) is 53.2 Å². The van der Waals surface area contributed by atoms with Gasteiger partial charge in [0, 0.05) is 30.7 Å². The maximum absolute atomic E-state index is 12.6. The number of halogens is 1. The molecule has 3 aromatic rings. The standard InChI is InChI=1S/C20H19ClN4O2/c21-16-6-1-4-14(10-16)11-17-12-22-19(27-17)15-5-3-9-25(13-15)20(26)18-7-2-8-23-24-18/h1-2,4,6-8,10,12,15H,3,5,9,11,13H2. The first kappa shape index (κ1) is 17.7. The first-order valence-electron chi connectivity index (χ1n) is 8.95. The molecule has 138 valence electrons. The molecule has 6 nitrogen and oxygen atoms in total. The summed E-state index contributed by atoms with van der Waals surface area (Å²) in [4.78, 5) is 18.9. The van der Waals surface area contributed by atoms with Gasteiger partial charge in [0.2, 0.25) is 0 Å². The van der Waals surface area contributed by atoms with Crippen LogP contribution < -0.4 is 0 Å². The van der Waals surface area contributed by atoms with E-state index in [-0.39, 0.29) is 11.8 Å². The monoisotopic (exact) mass is 382 g/mol. The van der Waals surface area contributed by atoms with Crippen molar-refractivity contribution >= 4 is 17.5 Å². The fraction of sp³-hybridized carbons (Fsp3) is 0.300. The molecule has 1 saturated heterocycles. The number of likely N-dealkylation sites (tertiary alicyclic amines) is 1. The number of piperidine rings is 1. The minimum atomic E-state index is -0.0986. The topological polar surface area (TPSA) is 72.1 Å². The van der Waals surface area contributed by atoms with Crippen molar-refractivity contribution in [2.75, 3.05) is 13.1 Å². The number of carbonyl (C=O) groups is 1. The summed E-state index contributed by atoms with van der Waals surface area (Å²) in [5.41, 5.74) is 1.44. The predicted octanol–water partition coefficient (Wildman–Crippen LogP) is 3.73.